The van der Waals surface area contributed by atoms with Crippen molar-refractivity contribution < 1.29 is 14.3 Å². The van der Waals surface area contributed by atoms with Crippen molar-refractivity contribution in [1.29, 1.82) is 0 Å². The Kier molecular flexibility index (Phi) is 6.21. The van der Waals surface area contributed by atoms with Crippen LogP contribution in [0.4, 0.5) is 0 Å². The normalized spacial score (nSPS) is 15.7. The second kappa shape index (κ2) is 9.21. The molecule has 1 atom stereocenters. The average molecular weight is 417 g/mol. The number of aromatic nitrogens is 1. The van der Waals surface area contributed by atoms with Gasteiger partial charge < -0.3 is 14.4 Å². The minimum absolute atomic E-state index is 0.0843. The highest BCUT2D eigenvalue weighted by atomic mass is 16.5. The molecule has 31 heavy (non-hydrogen) atoms. The third kappa shape index (κ3) is 4.71. The highest BCUT2D eigenvalue weighted by Crippen LogP contribution is 2.31. The molecule has 1 aliphatic rings. The number of hydrogen-bond acceptors (Lipinski definition) is 4. The Morgan fingerprint density at radius 2 is 1.87 bits per heavy atom. The smallest absolute Gasteiger partial charge is 0.253 e. The second-order valence-corrected chi connectivity index (χ2v) is 8.10. The first-order chi connectivity index (χ1) is 15.0. The quantitative estimate of drug-likeness (QED) is 0.573. The predicted molar refractivity (Wildman–Crippen MR) is 121 cm³/mol. The molecule has 0 spiro atoms. The molecule has 160 valence electrons. The van der Waals surface area contributed by atoms with E-state index in [2.05, 4.69) is 17.1 Å². The van der Waals surface area contributed by atoms with Gasteiger partial charge in [0.05, 0.1) is 7.11 Å². The van der Waals surface area contributed by atoms with Gasteiger partial charge in [0.2, 0.25) is 0 Å². The van der Waals surface area contributed by atoms with Crippen molar-refractivity contribution in [1.82, 2.24) is 9.88 Å². The van der Waals surface area contributed by atoms with Crippen LogP contribution in [0.25, 0.3) is 0 Å². The Bertz CT molecular complexity index is 1030. The summed E-state index contributed by atoms with van der Waals surface area (Å²) in [4.78, 5) is 19.3. The summed E-state index contributed by atoms with van der Waals surface area (Å²) >= 11 is 0. The maximum atomic E-state index is 13.2. The van der Waals surface area contributed by atoms with Gasteiger partial charge in [0, 0.05) is 42.5 Å². The molecule has 2 aromatic carbocycles. The Hall–Kier alpha value is -3.34. The van der Waals surface area contributed by atoms with E-state index in [-0.39, 0.29) is 5.91 Å². The number of benzene rings is 2. The van der Waals surface area contributed by atoms with Crippen LogP contribution in [-0.4, -0.2) is 36.0 Å². The summed E-state index contributed by atoms with van der Waals surface area (Å²) in [5.74, 6) is 2.13. The van der Waals surface area contributed by atoms with Crippen LogP contribution in [0.5, 0.6) is 11.5 Å². The molecule has 1 fully saturated rings. The SMILES string of the molecule is COc1ccc(C2CCN(C(=O)c3cc(C)c(OCc4cccnc4)c(C)c3)C2)cc1. The zero-order valence-electron chi connectivity index (χ0n) is 18.3. The van der Waals surface area contributed by atoms with E-state index in [4.69, 9.17) is 9.47 Å². The summed E-state index contributed by atoms with van der Waals surface area (Å²) < 4.78 is 11.3. The monoisotopic (exact) mass is 416 g/mol. The fourth-order valence-electron chi connectivity index (χ4n) is 4.22. The van der Waals surface area contributed by atoms with E-state index in [1.807, 2.05) is 55.1 Å². The first-order valence-corrected chi connectivity index (χ1v) is 10.6. The standard InChI is InChI=1S/C26H28N2O3/c1-18-13-23(14-19(2)25(18)31-17-20-5-4-11-27-15-20)26(29)28-12-10-22(16-28)21-6-8-24(30-3)9-7-21/h4-9,11,13-15,22H,10,12,16-17H2,1-3H3. The molecule has 0 aliphatic carbocycles. The summed E-state index contributed by atoms with van der Waals surface area (Å²) in [6.07, 6.45) is 4.52. The molecular weight excluding hydrogens is 388 g/mol. The molecule has 0 saturated carbocycles. The predicted octanol–water partition coefficient (Wildman–Crippen LogP) is 4.92. The van der Waals surface area contributed by atoms with E-state index >= 15 is 0 Å². The van der Waals surface area contributed by atoms with Gasteiger partial charge in [-0.2, -0.15) is 0 Å². The van der Waals surface area contributed by atoms with E-state index in [9.17, 15) is 4.79 Å². The third-order valence-electron chi connectivity index (χ3n) is 5.88. The molecule has 0 bridgehead atoms. The number of carbonyl (C=O) groups is 1. The van der Waals surface area contributed by atoms with Crippen molar-refractivity contribution in [2.24, 2.45) is 0 Å². The number of nitrogens with zero attached hydrogens (tertiary/aromatic N) is 2. The first-order valence-electron chi connectivity index (χ1n) is 10.6. The highest BCUT2D eigenvalue weighted by molar-refractivity contribution is 5.95. The van der Waals surface area contributed by atoms with Crippen LogP contribution < -0.4 is 9.47 Å². The van der Waals surface area contributed by atoms with Gasteiger partial charge in [-0.15, -0.1) is 0 Å². The van der Waals surface area contributed by atoms with Crippen LogP contribution in [0.2, 0.25) is 0 Å². The van der Waals surface area contributed by atoms with E-state index in [0.717, 1.165) is 53.3 Å². The molecule has 1 amide bonds. The third-order valence-corrected chi connectivity index (χ3v) is 5.88. The van der Waals surface area contributed by atoms with Gasteiger partial charge >= 0.3 is 0 Å². The Morgan fingerprint density at radius 1 is 1.13 bits per heavy atom. The van der Waals surface area contributed by atoms with Gasteiger partial charge in [-0.05, 0) is 67.3 Å². The zero-order valence-corrected chi connectivity index (χ0v) is 18.3. The number of ether oxygens (including phenoxy) is 2. The van der Waals surface area contributed by atoms with Crippen LogP contribution >= 0.6 is 0 Å². The number of amides is 1. The molecule has 1 saturated heterocycles. The Balaban J connectivity index is 1.43. The number of carbonyl (C=O) groups excluding carboxylic acids is 1. The first kappa shape index (κ1) is 20.9. The lowest BCUT2D eigenvalue weighted by Gasteiger charge is -2.19. The van der Waals surface area contributed by atoms with Gasteiger partial charge in [0.1, 0.15) is 18.1 Å². The molecule has 3 aromatic rings. The molecule has 1 unspecified atom stereocenters. The molecule has 5 heteroatoms. The number of methoxy groups -OCH3 is 1. The summed E-state index contributed by atoms with van der Waals surface area (Å²) in [7, 11) is 1.67. The molecule has 4 rings (SSSR count). The molecule has 1 aliphatic heterocycles. The Morgan fingerprint density at radius 3 is 2.52 bits per heavy atom. The minimum atomic E-state index is 0.0843. The van der Waals surface area contributed by atoms with E-state index in [0.29, 0.717) is 12.5 Å². The van der Waals surface area contributed by atoms with E-state index < -0.39 is 0 Å². The number of rotatable bonds is 6. The summed E-state index contributed by atoms with van der Waals surface area (Å²) in [5.41, 5.74) is 4.93. The van der Waals surface area contributed by atoms with Crippen LogP contribution in [0.15, 0.2) is 60.9 Å². The highest BCUT2D eigenvalue weighted by Gasteiger charge is 2.28. The van der Waals surface area contributed by atoms with Crippen LogP contribution in [-0.2, 0) is 6.61 Å². The van der Waals surface area contributed by atoms with Crippen molar-refractivity contribution >= 4 is 5.91 Å². The summed E-state index contributed by atoms with van der Waals surface area (Å²) in [5, 5.41) is 0. The van der Waals surface area contributed by atoms with Gasteiger partial charge in [0.25, 0.3) is 5.91 Å². The van der Waals surface area contributed by atoms with Crippen molar-refractivity contribution in [2.75, 3.05) is 20.2 Å². The van der Waals surface area contributed by atoms with Crippen molar-refractivity contribution in [3.8, 4) is 11.5 Å². The van der Waals surface area contributed by atoms with Crippen molar-refractivity contribution in [3.63, 3.8) is 0 Å². The van der Waals surface area contributed by atoms with Crippen molar-refractivity contribution in [3.05, 3.63) is 88.7 Å². The number of aryl methyl sites for hydroxylation is 2. The molecule has 0 radical (unpaired) electrons. The fourth-order valence-corrected chi connectivity index (χ4v) is 4.22. The fraction of sp³-hybridized carbons (Fsp3) is 0.308. The second-order valence-electron chi connectivity index (χ2n) is 8.10. The van der Waals surface area contributed by atoms with Gasteiger partial charge in [0.15, 0.2) is 0 Å². The molecular formula is C26H28N2O3. The summed E-state index contributed by atoms with van der Waals surface area (Å²) in [6, 6.07) is 15.9. The summed E-state index contributed by atoms with van der Waals surface area (Å²) in [6.45, 7) is 5.95. The van der Waals surface area contributed by atoms with Gasteiger partial charge in [-0.25, -0.2) is 0 Å². The molecule has 0 N–H and O–H groups in total. The minimum Gasteiger partial charge on any atom is -0.497 e. The number of likely N-dealkylation sites (tertiary alicyclic amines) is 1. The molecule has 1 aromatic heterocycles. The molecule has 2 heterocycles. The number of hydrogen-bond donors (Lipinski definition) is 0. The number of pyridine rings is 1. The Labute approximate surface area is 183 Å². The lowest BCUT2D eigenvalue weighted by Crippen LogP contribution is -2.28. The maximum absolute atomic E-state index is 13.2. The lowest BCUT2D eigenvalue weighted by molar-refractivity contribution is 0.0790. The topological polar surface area (TPSA) is 51.7 Å². The molecule has 5 nitrogen and oxygen atoms in total. The lowest BCUT2D eigenvalue weighted by atomic mass is 9.98. The zero-order chi connectivity index (χ0) is 21.8. The average Bonchev–Trinajstić information content (AvgIpc) is 3.29. The van der Waals surface area contributed by atoms with Crippen molar-refractivity contribution in [2.45, 2.75) is 32.8 Å². The maximum Gasteiger partial charge on any atom is 0.253 e. The van der Waals surface area contributed by atoms with E-state index in [1.165, 1.54) is 5.56 Å². The van der Waals surface area contributed by atoms with E-state index in [1.54, 1.807) is 19.5 Å². The van der Waals surface area contributed by atoms with Gasteiger partial charge in [-0.3, -0.25) is 9.78 Å². The van der Waals surface area contributed by atoms with Crippen LogP contribution in [0.1, 0.15) is 45.0 Å². The largest absolute Gasteiger partial charge is 0.497 e. The van der Waals surface area contributed by atoms with Crippen LogP contribution in [0, 0.1) is 13.8 Å². The van der Waals surface area contributed by atoms with Gasteiger partial charge in [-0.1, -0.05) is 18.2 Å². The van der Waals surface area contributed by atoms with Crippen LogP contribution in [0.3, 0.4) is 0 Å².